The number of primary amides is 1. The molecule has 0 radical (unpaired) electrons. The molecule has 3 N–H and O–H groups in total. The second-order valence-corrected chi connectivity index (χ2v) is 4.81. The zero-order chi connectivity index (χ0) is 16.8. The highest BCUT2D eigenvalue weighted by atomic mass is 16.5. The lowest BCUT2D eigenvalue weighted by atomic mass is 10.2. The molecule has 3 amide bonds. The van der Waals surface area contributed by atoms with E-state index in [1.807, 2.05) is 35.6 Å². The molecule has 1 unspecified atom stereocenters. The quantitative estimate of drug-likeness (QED) is 0.786. The van der Waals surface area contributed by atoms with Crippen molar-refractivity contribution in [2.75, 3.05) is 0 Å². The number of hydrogen-bond donors (Lipinski definition) is 2. The summed E-state index contributed by atoms with van der Waals surface area (Å²) in [4.78, 5) is 34.0. The van der Waals surface area contributed by atoms with E-state index in [-0.39, 0.29) is 5.56 Å². The van der Waals surface area contributed by atoms with Crippen molar-refractivity contribution < 1.29 is 19.1 Å². The molecule has 0 saturated carbocycles. The Hall–Kier alpha value is -3.16. The number of ether oxygens (including phenoxy) is 1. The fraction of sp³-hybridized carbons (Fsp3) is 0.200. The Morgan fingerprint density at radius 3 is 2.65 bits per heavy atom. The molecule has 1 aromatic heterocycles. The average molecular weight is 316 g/mol. The summed E-state index contributed by atoms with van der Waals surface area (Å²) in [6.45, 7) is 1.84. The first-order chi connectivity index (χ1) is 11.0. The van der Waals surface area contributed by atoms with Gasteiger partial charge in [-0.2, -0.15) is 5.10 Å². The van der Waals surface area contributed by atoms with E-state index in [2.05, 4.69) is 5.10 Å². The van der Waals surface area contributed by atoms with E-state index in [1.54, 1.807) is 4.68 Å². The van der Waals surface area contributed by atoms with Crippen LogP contribution in [0, 0.1) is 0 Å². The maximum absolute atomic E-state index is 11.9. The highest BCUT2D eigenvalue weighted by Crippen LogP contribution is 2.06. The van der Waals surface area contributed by atoms with Gasteiger partial charge in [0.05, 0.1) is 18.3 Å². The minimum Gasteiger partial charge on any atom is -0.449 e. The maximum Gasteiger partial charge on any atom is 0.342 e. The first-order valence-electron chi connectivity index (χ1n) is 6.83. The number of imide groups is 1. The smallest absolute Gasteiger partial charge is 0.342 e. The van der Waals surface area contributed by atoms with Crippen LogP contribution in [0.5, 0.6) is 0 Å². The number of nitrogens with one attached hydrogen (secondary N) is 1. The molecule has 0 aliphatic carbocycles. The molecule has 120 valence electrons. The van der Waals surface area contributed by atoms with Gasteiger partial charge in [0.15, 0.2) is 6.10 Å². The van der Waals surface area contributed by atoms with Crippen molar-refractivity contribution in [3.63, 3.8) is 0 Å². The van der Waals surface area contributed by atoms with Crippen LogP contribution >= 0.6 is 0 Å². The first-order valence-corrected chi connectivity index (χ1v) is 6.83. The van der Waals surface area contributed by atoms with Gasteiger partial charge in [-0.25, -0.2) is 9.59 Å². The third-order valence-corrected chi connectivity index (χ3v) is 2.96. The van der Waals surface area contributed by atoms with Crippen LogP contribution in [0.4, 0.5) is 4.79 Å². The SMILES string of the molecule is CC(OC(=O)c1cnn(Cc2ccccc2)c1)C(=O)NC(N)=O. The molecule has 8 heteroatoms. The van der Waals surface area contributed by atoms with Crippen molar-refractivity contribution in [2.45, 2.75) is 19.6 Å². The molecule has 23 heavy (non-hydrogen) atoms. The number of amides is 3. The standard InChI is InChI=1S/C15H16N4O4/c1-10(13(20)18-15(16)22)23-14(21)12-7-17-19(9-12)8-11-5-3-2-4-6-11/h2-7,9-10H,8H2,1H3,(H3,16,18,20,22). The number of urea groups is 1. The normalized spacial score (nSPS) is 11.5. The number of rotatable bonds is 5. The number of hydrogen-bond acceptors (Lipinski definition) is 5. The van der Waals surface area contributed by atoms with Crippen LogP contribution in [0.3, 0.4) is 0 Å². The second-order valence-electron chi connectivity index (χ2n) is 4.81. The second kappa shape index (κ2) is 7.21. The summed E-state index contributed by atoms with van der Waals surface area (Å²) < 4.78 is 6.53. The largest absolute Gasteiger partial charge is 0.449 e. The van der Waals surface area contributed by atoms with Crippen molar-refractivity contribution in [2.24, 2.45) is 5.73 Å². The number of aromatic nitrogens is 2. The van der Waals surface area contributed by atoms with E-state index in [4.69, 9.17) is 10.5 Å². The van der Waals surface area contributed by atoms with E-state index in [9.17, 15) is 14.4 Å². The molecule has 0 fully saturated rings. The predicted octanol–water partition coefficient (Wildman–Crippen LogP) is 0.672. The summed E-state index contributed by atoms with van der Waals surface area (Å²) in [6.07, 6.45) is 1.73. The predicted molar refractivity (Wildman–Crippen MR) is 80.4 cm³/mol. The van der Waals surface area contributed by atoms with Crippen LogP contribution in [0.2, 0.25) is 0 Å². The Morgan fingerprint density at radius 1 is 1.30 bits per heavy atom. The molecular formula is C15H16N4O4. The van der Waals surface area contributed by atoms with E-state index >= 15 is 0 Å². The molecule has 0 spiro atoms. The molecule has 0 saturated heterocycles. The van der Waals surface area contributed by atoms with Gasteiger partial charge in [0.1, 0.15) is 0 Å². The van der Waals surface area contributed by atoms with E-state index in [0.29, 0.717) is 6.54 Å². The van der Waals surface area contributed by atoms with E-state index in [1.165, 1.54) is 19.3 Å². The van der Waals surface area contributed by atoms with Crippen LogP contribution in [-0.2, 0) is 16.1 Å². The number of esters is 1. The third-order valence-electron chi connectivity index (χ3n) is 2.96. The Bertz CT molecular complexity index is 711. The van der Waals surface area contributed by atoms with Gasteiger partial charge < -0.3 is 10.5 Å². The van der Waals surface area contributed by atoms with Crippen LogP contribution in [-0.4, -0.2) is 33.8 Å². The van der Waals surface area contributed by atoms with Crippen molar-refractivity contribution in [1.29, 1.82) is 0 Å². The number of carbonyl (C=O) groups is 3. The van der Waals surface area contributed by atoms with Crippen LogP contribution in [0.1, 0.15) is 22.8 Å². The third kappa shape index (κ3) is 4.67. The van der Waals surface area contributed by atoms with E-state index in [0.717, 1.165) is 5.56 Å². The van der Waals surface area contributed by atoms with Gasteiger partial charge >= 0.3 is 12.0 Å². The zero-order valence-corrected chi connectivity index (χ0v) is 12.4. The monoisotopic (exact) mass is 316 g/mol. The molecule has 0 bridgehead atoms. The molecular weight excluding hydrogens is 300 g/mol. The number of nitrogens with two attached hydrogens (primary N) is 1. The van der Waals surface area contributed by atoms with E-state index < -0.39 is 24.0 Å². The zero-order valence-electron chi connectivity index (χ0n) is 12.4. The van der Waals surface area contributed by atoms with Crippen LogP contribution in [0.15, 0.2) is 42.7 Å². The lowest BCUT2D eigenvalue weighted by Crippen LogP contribution is -2.42. The number of nitrogens with zero attached hydrogens (tertiary/aromatic N) is 2. The summed E-state index contributed by atoms with van der Waals surface area (Å²) in [5.41, 5.74) is 6.07. The Kier molecular flexibility index (Phi) is 5.08. The Balaban J connectivity index is 1.95. The maximum atomic E-state index is 11.9. The first kappa shape index (κ1) is 16.2. The summed E-state index contributed by atoms with van der Waals surface area (Å²) in [6, 6.07) is 8.60. The molecule has 1 atom stereocenters. The van der Waals surface area contributed by atoms with Crippen molar-refractivity contribution in [1.82, 2.24) is 15.1 Å². The van der Waals surface area contributed by atoms with Crippen molar-refractivity contribution >= 4 is 17.9 Å². The Morgan fingerprint density at radius 2 is 2.00 bits per heavy atom. The topological polar surface area (TPSA) is 116 Å². The molecule has 2 aromatic rings. The van der Waals surface area contributed by atoms with Gasteiger partial charge in [-0.15, -0.1) is 0 Å². The highest BCUT2D eigenvalue weighted by Gasteiger charge is 2.20. The fourth-order valence-electron chi connectivity index (χ4n) is 1.83. The van der Waals surface area contributed by atoms with Crippen molar-refractivity contribution in [3.8, 4) is 0 Å². The molecule has 1 aromatic carbocycles. The minimum atomic E-state index is -1.15. The molecule has 0 aliphatic rings. The lowest BCUT2D eigenvalue weighted by Gasteiger charge is -2.10. The molecule has 2 rings (SSSR count). The van der Waals surface area contributed by atoms with Gasteiger partial charge in [-0.05, 0) is 12.5 Å². The van der Waals surface area contributed by atoms with Gasteiger partial charge in [0.2, 0.25) is 0 Å². The molecule has 8 nitrogen and oxygen atoms in total. The summed E-state index contributed by atoms with van der Waals surface area (Å²) in [5, 5.41) is 5.91. The van der Waals surface area contributed by atoms with Gasteiger partial charge in [0.25, 0.3) is 5.91 Å². The van der Waals surface area contributed by atoms with Crippen LogP contribution in [0.25, 0.3) is 0 Å². The highest BCUT2D eigenvalue weighted by molar-refractivity contribution is 5.97. The summed E-state index contributed by atoms with van der Waals surface area (Å²) in [7, 11) is 0. The van der Waals surface area contributed by atoms with Crippen molar-refractivity contribution in [3.05, 3.63) is 53.9 Å². The van der Waals surface area contributed by atoms with Crippen LogP contribution < -0.4 is 11.1 Å². The molecule has 1 heterocycles. The molecule has 0 aliphatic heterocycles. The van der Waals surface area contributed by atoms with Gasteiger partial charge in [-0.1, -0.05) is 30.3 Å². The summed E-state index contributed by atoms with van der Waals surface area (Å²) in [5.74, 6) is -1.50. The summed E-state index contributed by atoms with van der Waals surface area (Å²) >= 11 is 0. The van der Waals surface area contributed by atoms with Gasteiger partial charge in [-0.3, -0.25) is 14.8 Å². The lowest BCUT2D eigenvalue weighted by molar-refractivity contribution is -0.127. The number of carbonyl (C=O) groups excluding carboxylic acids is 3. The fourth-order valence-corrected chi connectivity index (χ4v) is 1.83. The Labute approximate surface area is 132 Å². The van der Waals surface area contributed by atoms with Gasteiger partial charge in [0, 0.05) is 6.20 Å². The minimum absolute atomic E-state index is 0.208. The average Bonchev–Trinajstić information content (AvgIpc) is 2.96. The number of benzene rings is 1.